The predicted octanol–water partition coefficient (Wildman–Crippen LogP) is 3.71. The Balaban J connectivity index is 0.00000225. The van der Waals surface area contributed by atoms with E-state index in [0.29, 0.717) is 12.1 Å². The lowest BCUT2D eigenvalue weighted by atomic mass is 9.91. The minimum absolute atomic E-state index is 0. The van der Waals surface area contributed by atoms with Crippen LogP contribution in [0.4, 0.5) is 0 Å². The smallest absolute Gasteiger partial charge is 0.111 e. The van der Waals surface area contributed by atoms with Gasteiger partial charge < -0.3 is 15.6 Å². The van der Waals surface area contributed by atoms with Crippen molar-refractivity contribution in [2.24, 2.45) is 12.8 Å². The summed E-state index contributed by atoms with van der Waals surface area (Å²) in [6, 6.07) is 13.3. The van der Waals surface area contributed by atoms with Gasteiger partial charge in [-0.3, -0.25) is 4.98 Å². The summed E-state index contributed by atoms with van der Waals surface area (Å²) in [7, 11) is 2.11. The Morgan fingerprint density at radius 1 is 1.25 bits per heavy atom. The summed E-state index contributed by atoms with van der Waals surface area (Å²) in [4.78, 5) is 9.56. The Morgan fingerprint density at radius 2 is 2.11 bits per heavy atom. The van der Waals surface area contributed by atoms with E-state index in [9.17, 15) is 0 Å². The first-order chi connectivity index (χ1) is 13.3. The van der Waals surface area contributed by atoms with Crippen molar-refractivity contribution in [2.45, 2.75) is 50.6 Å². The van der Waals surface area contributed by atoms with Crippen LogP contribution in [0.2, 0.25) is 0 Å². The summed E-state index contributed by atoms with van der Waals surface area (Å²) in [5.41, 5.74) is 10.7. The number of nitrogens with one attached hydrogen (secondary N) is 1. The largest absolute Gasteiger partial charge is 0.331 e. The molecule has 5 nitrogen and oxygen atoms in total. The molecule has 1 aromatic carbocycles. The summed E-state index contributed by atoms with van der Waals surface area (Å²) in [6.07, 6.45) is 8.39. The van der Waals surface area contributed by atoms with Crippen molar-refractivity contribution in [1.82, 2.24) is 19.9 Å². The van der Waals surface area contributed by atoms with Crippen LogP contribution in [0.1, 0.15) is 48.8 Å². The first kappa shape index (κ1) is 20.8. The van der Waals surface area contributed by atoms with Gasteiger partial charge in [0.2, 0.25) is 0 Å². The molecule has 28 heavy (non-hydrogen) atoms. The number of rotatable bonds is 7. The first-order valence-corrected chi connectivity index (χ1v) is 10.1. The number of para-hydroxylation sites is 2. The summed E-state index contributed by atoms with van der Waals surface area (Å²) in [5.74, 6) is 1.13. The topological polar surface area (TPSA) is 68.8 Å². The molecule has 0 fully saturated rings. The molecule has 2 heterocycles. The molecule has 1 aliphatic rings. The zero-order valence-corrected chi connectivity index (χ0v) is 17.3. The average molecular weight is 400 g/mol. The molecule has 3 aromatic rings. The van der Waals surface area contributed by atoms with Crippen LogP contribution in [0, 0.1) is 0 Å². The second kappa shape index (κ2) is 9.50. The fourth-order valence-electron chi connectivity index (χ4n) is 4.26. The van der Waals surface area contributed by atoms with E-state index in [0.717, 1.165) is 50.0 Å². The Morgan fingerprint density at radius 3 is 2.93 bits per heavy atom. The summed E-state index contributed by atoms with van der Waals surface area (Å²) in [5, 5.41) is 3.90. The zero-order chi connectivity index (χ0) is 18.6. The fourth-order valence-corrected chi connectivity index (χ4v) is 4.26. The van der Waals surface area contributed by atoms with Crippen LogP contribution in [0.5, 0.6) is 0 Å². The second-order valence-electron chi connectivity index (χ2n) is 7.57. The van der Waals surface area contributed by atoms with Gasteiger partial charge in [-0.25, -0.2) is 4.98 Å². The van der Waals surface area contributed by atoms with Gasteiger partial charge in [-0.05, 0) is 62.4 Å². The van der Waals surface area contributed by atoms with Crippen LogP contribution in [0.15, 0.2) is 42.6 Å². The highest BCUT2D eigenvalue weighted by Crippen LogP contribution is 2.29. The Hall–Kier alpha value is -1.95. The summed E-state index contributed by atoms with van der Waals surface area (Å²) in [6.45, 7) is 0.722. The fraction of sp³-hybridized carbons (Fsp3) is 0.455. The standard InChI is InChI=1S/C22H29N5.ClH/c1-27-20-12-3-2-10-18(20)26-21(27)15-17(9-5-13-23)25-19-11-4-7-16-8-6-14-24-22(16)19;/h2-3,6,8,10,12,14,17,19,25H,4-5,7,9,11,13,15,23H2,1H3;1H/t17?,19-;/m0./s1. The number of halogens is 1. The predicted molar refractivity (Wildman–Crippen MR) is 117 cm³/mol. The number of nitrogens with zero attached hydrogens (tertiary/aromatic N) is 3. The van der Waals surface area contributed by atoms with Crippen molar-refractivity contribution in [3.63, 3.8) is 0 Å². The van der Waals surface area contributed by atoms with E-state index in [1.54, 1.807) is 0 Å². The van der Waals surface area contributed by atoms with E-state index < -0.39 is 0 Å². The third kappa shape index (κ3) is 4.37. The van der Waals surface area contributed by atoms with Crippen LogP contribution in [0.25, 0.3) is 11.0 Å². The van der Waals surface area contributed by atoms with Crippen molar-refractivity contribution in [3.05, 3.63) is 59.7 Å². The van der Waals surface area contributed by atoms with Crippen molar-refractivity contribution in [1.29, 1.82) is 0 Å². The SMILES string of the molecule is Cl.Cn1c(CC(CCCN)N[C@H]2CCCc3cccnc32)nc2ccccc21. The van der Waals surface area contributed by atoms with E-state index in [1.807, 2.05) is 18.3 Å². The van der Waals surface area contributed by atoms with Gasteiger partial charge in [0.15, 0.2) is 0 Å². The third-order valence-corrected chi connectivity index (χ3v) is 5.70. The van der Waals surface area contributed by atoms with E-state index in [4.69, 9.17) is 10.7 Å². The zero-order valence-electron chi connectivity index (χ0n) is 16.5. The third-order valence-electron chi connectivity index (χ3n) is 5.70. The van der Waals surface area contributed by atoms with Gasteiger partial charge in [-0.15, -0.1) is 12.4 Å². The minimum atomic E-state index is 0. The Kier molecular flexibility index (Phi) is 7.05. The first-order valence-electron chi connectivity index (χ1n) is 10.1. The molecule has 0 saturated carbocycles. The van der Waals surface area contributed by atoms with Crippen LogP contribution in [0.3, 0.4) is 0 Å². The van der Waals surface area contributed by atoms with E-state index in [-0.39, 0.29) is 12.4 Å². The summed E-state index contributed by atoms with van der Waals surface area (Å²) < 4.78 is 2.22. The van der Waals surface area contributed by atoms with Crippen LogP contribution in [-0.2, 0) is 19.9 Å². The number of benzene rings is 1. The number of hydrogen-bond acceptors (Lipinski definition) is 4. The molecule has 4 rings (SSSR count). The van der Waals surface area contributed by atoms with Gasteiger partial charge in [0.1, 0.15) is 5.82 Å². The molecule has 2 atom stereocenters. The molecule has 0 spiro atoms. The van der Waals surface area contributed by atoms with E-state index >= 15 is 0 Å². The van der Waals surface area contributed by atoms with Crippen molar-refractivity contribution in [3.8, 4) is 0 Å². The molecule has 1 unspecified atom stereocenters. The van der Waals surface area contributed by atoms with Crippen LogP contribution < -0.4 is 11.1 Å². The van der Waals surface area contributed by atoms with Crippen LogP contribution >= 0.6 is 12.4 Å². The maximum Gasteiger partial charge on any atom is 0.111 e. The molecule has 150 valence electrons. The number of imidazole rings is 1. The van der Waals surface area contributed by atoms with Crippen molar-refractivity contribution >= 4 is 23.4 Å². The number of pyridine rings is 1. The van der Waals surface area contributed by atoms with E-state index in [2.05, 4.69) is 46.2 Å². The molecule has 0 amide bonds. The molecular weight excluding hydrogens is 370 g/mol. The number of aryl methyl sites for hydroxylation is 2. The Labute approximate surface area is 173 Å². The van der Waals surface area contributed by atoms with Gasteiger partial charge in [-0.1, -0.05) is 18.2 Å². The minimum Gasteiger partial charge on any atom is -0.331 e. The molecular formula is C22H30ClN5. The van der Waals surface area contributed by atoms with Crippen molar-refractivity contribution in [2.75, 3.05) is 6.54 Å². The molecule has 0 radical (unpaired) electrons. The lowest BCUT2D eigenvalue weighted by molar-refractivity contribution is 0.362. The van der Waals surface area contributed by atoms with Gasteiger partial charge in [0.05, 0.1) is 16.7 Å². The molecule has 2 aromatic heterocycles. The van der Waals surface area contributed by atoms with Crippen LogP contribution in [-0.4, -0.2) is 27.1 Å². The molecule has 0 aliphatic heterocycles. The van der Waals surface area contributed by atoms with Gasteiger partial charge in [0, 0.05) is 31.7 Å². The number of aromatic nitrogens is 3. The quantitative estimate of drug-likeness (QED) is 0.635. The van der Waals surface area contributed by atoms with Gasteiger partial charge >= 0.3 is 0 Å². The molecule has 0 bridgehead atoms. The molecule has 0 saturated heterocycles. The molecule has 6 heteroatoms. The van der Waals surface area contributed by atoms with Crippen molar-refractivity contribution < 1.29 is 0 Å². The Bertz CT molecular complexity index is 907. The highest BCUT2D eigenvalue weighted by Gasteiger charge is 2.24. The monoisotopic (exact) mass is 399 g/mol. The molecule has 1 aliphatic carbocycles. The lowest BCUT2D eigenvalue weighted by Crippen LogP contribution is -2.37. The number of nitrogens with two attached hydrogens (primary N) is 1. The lowest BCUT2D eigenvalue weighted by Gasteiger charge is -2.29. The second-order valence-corrected chi connectivity index (χ2v) is 7.57. The maximum absolute atomic E-state index is 5.81. The number of hydrogen-bond donors (Lipinski definition) is 2. The average Bonchev–Trinajstić information content (AvgIpc) is 3.02. The van der Waals surface area contributed by atoms with E-state index in [1.165, 1.54) is 23.2 Å². The molecule has 3 N–H and O–H groups in total. The number of fused-ring (bicyclic) bond motifs is 2. The maximum atomic E-state index is 5.81. The normalized spacial score (nSPS) is 17.1. The summed E-state index contributed by atoms with van der Waals surface area (Å²) >= 11 is 0. The van der Waals surface area contributed by atoms with Gasteiger partial charge in [-0.2, -0.15) is 0 Å². The van der Waals surface area contributed by atoms with Gasteiger partial charge in [0.25, 0.3) is 0 Å². The highest BCUT2D eigenvalue weighted by atomic mass is 35.5. The highest BCUT2D eigenvalue weighted by molar-refractivity contribution is 5.85.